The lowest BCUT2D eigenvalue weighted by molar-refractivity contribution is 0.101. The van der Waals surface area contributed by atoms with E-state index in [0.717, 1.165) is 56.4 Å². The van der Waals surface area contributed by atoms with Crippen LogP contribution < -0.4 is 20.5 Å². The average molecular weight is 518 g/mol. The molecule has 0 unspecified atom stereocenters. The van der Waals surface area contributed by atoms with Gasteiger partial charge in [0.15, 0.2) is 0 Å². The monoisotopic (exact) mass is 517 g/mol. The van der Waals surface area contributed by atoms with E-state index in [0.29, 0.717) is 18.9 Å². The van der Waals surface area contributed by atoms with Gasteiger partial charge >= 0.3 is 0 Å². The molecular formula is C27H27F4N3O3. The zero-order valence-corrected chi connectivity index (χ0v) is 20.3. The summed E-state index contributed by atoms with van der Waals surface area (Å²) in [5.41, 5.74) is 3.44. The van der Waals surface area contributed by atoms with Crippen molar-refractivity contribution >= 4 is 11.6 Å². The quantitative estimate of drug-likeness (QED) is 0.366. The predicted octanol–water partition coefficient (Wildman–Crippen LogP) is 5.85. The van der Waals surface area contributed by atoms with Crippen LogP contribution in [-0.2, 0) is 0 Å². The van der Waals surface area contributed by atoms with Crippen LogP contribution >= 0.6 is 0 Å². The zero-order valence-electron chi connectivity index (χ0n) is 20.3. The summed E-state index contributed by atoms with van der Waals surface area (Å²) in [7, 11) is 1.20. The number of hydrogen-bond donors (Lipinski definition) is 2. The summed E-state index contributed by atoms with van der Waals surface area (Å²) in [4.78, 5) is 17.0. The molecule has 6 nitrogen and oxygen atoms in total. The Balaban J connectivity index is 1.61. The molecule has 0 radical (unpaired) electrons. The van der Waals surface area contributed by atoms with Crippen LogP contribution in [0.4, 0.5) is 23.2 Å². The minimum atomic E-state index is -1.42. The van der Waals surface area contributed by atoms with Gasteiger partial charge in [0.2, 0.25) is 0 Å². The molecule has 2 aromatic carbocycles. The fourth-order valence-electron chi connectivity index (χ4n) is 4.59. The molecule has 1 aliphatic rings. The number of halogens is 4. The molecule has 1 amide bonds. The van der Waals surface area contributed by atoms with Crippen molar-refractivity contribution in [2.45, 2.75) is 32.1 Å². The number of amides is 1. The molecule has 1 saturated carbocycles. The lowest BCUT2D eigenvalue weighted by Gasteiger charge is -2.36. The minimum Gasteiger partial charge on any atom is -0.497 e. The summed E-state index contributed by atoms with van der Waals surface area (Å²) >= 11 is 0. The number of aromatic nitrogens is 1. The number of carbonyl (C=O) groups is 1. The highest BCUT2D eigenvalue weighted by Crippen LogP contribution is 2.37. The maximum atomic E-state index is 15.4. The van der Waals surface area contributed by atoms with Crippen LogP contribution in [0.25, 0.3) is 11.1 Å². The van der Waals surface area contributed by atoms with Crippen molar-refractivity contribution in [2.75, 3.05) is 25.6 Å². The van der Waals surface area contributed by atoms with Crippen molar-refractivity contribution in [2.24, 2.45) is 11.1 Å². The smallest absolute Gasteiger partial charge is 0.258 e. The molecule has 10 heteroatoms. The largest absolute Gasteiger partial charge is 0.497 e. The van der Waals surface area contributed by atoms with E-state index in [1.54, 1.807) is 6.07 Å². The summed E-state index contributed by atoms with van der Waals surface area (Å²) in [5.74, 6) is -5.98. The molecular weight excluding hydrogens is 490 g/mol. The Bertz CT molecular complexity index is 1270. The molecule has 0 aliphatic heterocycles. The van der Waals surface area contributed by atoms with Crippen molar-refractivity contribution in [3.63, 3.8) is 0 Å². The number of nitrogens with two attached hydrogens (primary N) is 1. The molecule has 1 aliphatic carbocycles. The number of nitrogens with one attached hydrogen (secondary N) is 1. The molecule has 1 heterocycles. The molecule has 37 heavy (non-hydrogen) atoms. The van der Waals surface area contributed by atoms with Crippen LogP contribution in [0.3, 0.4) is 0 Å². The maximum absolute atomic E-state index is 15.4. The Kier molecular flexibility index (Phi) is 7.97. The fraction of sp³-hybridized carbons (Fsp3) is 0.333. The van der Waals surface area contributed by atoms with Gasteiger partial charge < -0.3 is 20.5 Å². The van der Waals surface area contributed by atoms with Crippen molar-refractivity contribution in [1.82, 2.24) is 4.98 Å². The van der Waals surface area contributed by atoms with Crippen LogP contribution in [0.15, 0.2) is 42.7 Å². The summed E-state index contributed by atoms with van der Waals surface area (Å²) in [6.45, 7) is 0.795. The standard InChI is InChI=1S/C27H27F4N3O3/c1-36-16-11-19(29)23(20(30)12-16)24-18(28)6-5-17(25(24)31)26(35)34-21-13-33-10-7-22(21)37-15-27(14-32)8-3-2-4-9-27/h5-7,10-13H,2-4,8-9,14-15,32H2,1H3,(H,34,35). The number of methoxy groups -OCH3 is 1. The van der Waals surface area contributed by atoms with Gasteiger partial charge in [-0.25, -0.2) is 17.6 Å². The van der Waals surface area contributed by atoms with Gasteiger partial charge in [0.1, 0.15) is 40.5 Å². The lowest BCUT2D eigenvalue weighted by Crippen LogP contribution is -2.38. The zero-order chi connectivity index (χ0) is 26.6. The number of pyridine rings is 1. The molecule has 3 aromatic rings. The summed E-state index contributed by atoms with van der Waals surface area (Å²) < 4.78 is 69.9. The Hall–Kier alpha value is -3.66. The van der Waals surface area contributed by atoms with E-state index in [-0.39, 0.29) is 16.9 Å². The van der Waals surface area contributed by atoms with Gasteiger partial charge in [-0.1, -0.05) is 19.3 Å². The van der Waals surface area contributed by atoms with Crippen molar-refractivity contribution in [3.05, 3.63) is 71.6 Å². The third-order valence-electron chi connectivity index (χ3n) is 6.75. The van der Waals surface area contributed by atoms with Gasteiger partial charge in [0.05, 0.1) is 36.6 Å². The first kappa shape index (κ1) is 26.4. The topological polar surface area (TPSA) is 86.5 Å². The highest BCUT2D eigenvalue weighted by Gasteiger charge is 2.32. The van der Waals surface area contributed by atoms with E-state index in [1.807, 2.05) is 0 Å². The van der Waals surface area contributed by atoms with Gasteiger partial charge in [-0.15, -0.1) is 0 Å². The molecule has 3 N–H and O–H groups in total. The molecule has 4 rings (SSSR count). The third-order valence-corrected chi connectivity index (χ3v) is 6.75. The van der Waals surface area contributed by atoms with Crippen molar-refractivity contribution in [1.29, 1.82) is 0 Å². The van der Waals surface area contributed by atoms with Gasteiger partial charge in [-0.3, -0.25) is 9.78 Å². The van der Waals surface area contributed by atoms with Crippen LogP contribution in [0.2, 0.25) is 0 Å². The maximum Gasteiger partial charge on any atom is 0.258 e. The first-order valence-corrected chi connectivity index (χ1v) is 11.9. The van der Waals surface area contributed by atoms with Crippen molar-refractivity contribution in [3.8, 4) is 22.6 Å². The second kappa shape index (κ2) is 11.2. The predicted molar refractivity (Wildman–Crippen MR) is 131 cm³/mol. The Morgan fingerprint density at radius 3 is 2.38 bits per heavy atom. The number of hydrogen-bond acceptors (Lipinski definition) is 5. The second-order valence-electron chi connectivity index (χ2n) is 9.13. The molecule has 1 aromatic heterocycles. The van der Waals surface area contributed by atoms with Gasteiger partial charge in [0, 0.05) is 36.4 Å². The SMILES string of the molecule is COc1cc(F)c(-c2c(F)ccc(C(=O)Nc3cnccc3OCC3(CN)CCCCC3)c2F)c(F)c1. The van der Waals surface area contributed by atoms with Crippen LogP contribution in [-0.4, -0.2) is 31.2 Å². The van der Waals surface area contributed by atoms with E-state index < -0.39 is 45.9 Å². The van der Waals surface area contributed by atoms with E-state index >= 15 is 4.39 Å². The Morgan fingerprint density at radius 2 is 1.73 bits per heavy atom. The lowest BCUT2D eigenvalue weighted by atomic mass is 9.75. The van der Waals surface area contributed by atoms with Gasteiger partial charge in [0.25, 0.3) is 5.91 Å². The van der Waals surface area contributed by atoms with Crippen LogP contribution in [0.5, 0.6) is 11.5 Å². The first-order valence-electron chi connectivity index (χ1n) is 11.9. The van der Waals surface area contributed by atoms with Crippen molar-refractivity contribution < 1.29 is 31.8 Å². The molecule has 0 spiro atoms. The second-order valence-corrected chi connectivity index (χ2v) is 9.13. The first-order chi connectivity index (χ1) is 17.8. The van der Waals surface area contributed by atoms with E-state index in [2.05, 4.69) is 10.3 Å². The number of benzene rings is 2. The molecule has 0 saturated heterocycles. The number of ether oxygens (including phenoxy) is 2. The number of anilines is 1. The summed E-state index contributed by atoms with van der Waals surface area (Å²) in [6.07, 6.45) is 7.93. The molecule has 196 valence electrons. The minimum absolute atomic E-state index is 0.155. The van der Waals surface area contributed by atoms with E-state index in [1.165, 1.54) is 19.5 Å². The summed E-state index contributed by atoms with van der Waals surface area (Å²) in [6, 6.07) is 4.81. The third kappa shape index (κ3) is 5.53. The number of nitrogens with zero attached hydrogens (tertiary/aromatic N) is 1. The molecule has 0 bridgehead atoms. The Morgan fingerprint density at radius 1 is 1.03 bits per heavy atom. The number of rotatable bonds is 8. The highest BCUT2D eigenvalue weighted by molar-refractivity contribution is 6.06. The van der Waals surface area contributed by atoms with Gasteiger partial charge in [-0.05, 0) is 25.0 Å². The normalized spacial score (nSPS) is 14.8. The average Bonchev–Trinajstić information content (AvgIpc) is 2.90. The molecule has 0 atom stereocenters. The van der Waals surface area contributed by atoms with Crippen LogP contribution in [0.1, 0.15) is 42.5 Å². The Labute approximate surface area is 211 Å². The van der Waals surface area contributed by atoms with Gasteiger partial charge in [-0.2, -0.15) is 0 Å². The number of carbonyl (C=O) groups excluding carboxylic acids is 1. The van der Waals surface area contributed by atoms with E-state index in [9.17, 15) is 18.0 Å². The fourth-order valence-corrected chi connectivity index (χ4v) is 4.59. The molecule has 1 fully saturated rings. The highest BCUT2D eigenvalue weighted by atomic mass is 19.1. The van der Waals surface area contributed by atoms with E-state index in [4.69, 9.17) is 15.2 Å². The summed E-state index contributed by atoms with van der Waals surface area (Å²) in [5, 5.41) is 2.50. The van der Waals surface area contributed by atoms with Crippen LogP contribution in [0, 0.1) is 28.7 Å².